The van der Waals surface area contributed by atoms with Crippen LogP contribution < -0.4 is 15.4 Å². The van der Waals surface area contributed by atoms with Gasteiger partial charge in [0.15, 0.2) is 5.69 Å². The molecule has 0 spiro atoms. The van der Waals surface area contributed by atoms with Crippen molar-refractivity contribution in [1.82, 2.24) is 15.0 Å². The number of pyridine rings is 3. The number of amides is 1. The Kier molecular flexibility index (Phi) is 5.96. The molecule has 5 rings (SSSR count). The van der Waals surface area contributed by atoms with Gasteiger partial charge in [0, 0.05) is 41.4 Å². The average molecular weight is 458 g/mol. The lowest BCUT2D eigenvalue weighted by atomic mass is 10.1. The van der Waals surface area contributed by atoms with Crippen LogP contribution in [0.1, 0.15) is 10.5 Å². The Hall–Kier alpha value is -5.29. The molecule has 8 heteroatoms. The summed E-state index contributed by atoms with van der Waals surface area (Å²) >= 11 is 0. The number of carbonyl (C=O) groups excluding carboxylic acids is 1. The number of rotatable bonds is 6. The molecule has 0 saturated heterocycles. The summed E-state index contributed by atoms with van der Waals surface area (Å²) in [5, 5.41) is 6.89. The first-order valence-corrected chi connectivity index (χ1v) is 10.7. The third-order valence-electron chi connectivity index (χ3n) is 5.08. The molecule has 3 heterocycles. The highest BCUT2D eigenvalue weighted by molar-refractivity contribution is 6.03. The molecule has 0 bridgehead atoms. The molecule has 0 aliphatic heterocycles. The highest BCUT2D eigenvalue weighted by Crippen LogP contribution is 2.28. The van der Waals surface area contributed by atoms with E-state index in [1.54, 1.807) is 97.5 Å². The topological polar surface area (TPSA) is 93.4 Å². The van der Waals surface area contributed by atoms with Crippen molar-refractivity contribution in [3.05, 3.63) is 115 Å². The van der Waals surface area contributed by atoms with Crippen molar-refractivity contribution in [2.75, 3.05) is 10.6 Å². The van der Waals surface area contributed by atoms with Gasteiger partial charge in [0.2, 0.25) is 0 Å². The van der Waals surface area contributed by atoms with E-state index in [4.69, 9.17) is 11.3 Å². The summed E-state index contributed by atoms with van der Waals surface area (Å²) in [7, 11) is 0. The van der Waals surface area contributed by atoms with Crippen molar-refractivity contribution in [1.29, 1.82) is 0 Å². The lowest BCUT2D eigenvalue weighted by Crippen LogP contribution is -2.14. The van der Waals surface area contributed by atoms with Crippen LogP contribution in [0.2, 0.25) is 0 Å². The van der Waals surface area contributed by atoms with Crippen LogP contribution >= 0.6 is 0 Å². The molecule has 0 unspecified atom stereocenters. The zero-order valence-corrected chi connectivity index (χ0v) is 18.3. The Balaban J connectivity index is 1.33. The number of nitrogens with zero attached hydrogens (tertiary/aromatic N) is 4. The van der Waals surface area contributed by atoms with E-state index in [1.165, 1.54) is 0 Å². The van der Waals surface area contributed by atoms with Crippen LogP contribution in [0.25, 0.3) is 15.7 Å². The van der Waals surface area contributed by atoms with Crippen molar-refractivity contribution in [3.8, 4) is 11.5 Å². The van der Waals surface area contributed by atoms with Crippen molar-refractivity contribution in [2.45, 2.75) is 0 Å². The molecule has 8 nitrogen and oxygen atoms in total. The Bertz CT molecular complexity index is 1560. The maximum atomic E-state index is 12.9. The summed E-state index contributed by atoms with van der Waals surface area (Å²) < 4.78 is 5.80. The standard InChI is InChI=1S/C27H18N6O2/c1-28-18-8-9-23-22(17-18)24(12-15-30-23)32-26-7-3-6-25(33-26)27(34)31-19-4-2-5-21(16-19)35-20-10-13-29-14-11-20/h2-17H,(H,31,34)(H,30,32,33). The van der Waals surface area contributed by atoms with Crippen LogP contribution in [0.15, 0.2) is 97.5 Å². The number of fused-ring (bicyclic) bond motifs is 1. The van der Waals surface area contributed by atoms with Gasteiger partial charge in [-0.3, -0.25) is 14.8 Å². The molecule has 3 aromatic heterocycles. The van der Waals surface area contributed by atoms with E-state index >= 15 is 0 Å². The monoisotopic (exact) mass is 458 g/mol. The molecule has 0 saturated carbocycles. The van der Waals surface area contributed by atoms with E-state index in [1.807, 2.05) is 0 Å². The highest BCUT2D eigenvalue weighted by atomic mass is 16.5. The minimum atomic E-state index is -0.357. The second-order valence-electron chi connectivity index (χ2n) is 7.47. The van der Waals surface area contributed by atoms with Gasteiger partial charge in [0.25, 0.3) is 5.91 Å². The van der Waals surface area contributed by atoms with E-state index in [0.717, 1.165) is 16.6 Å². The first-order chi connectivity index (χ1) is 17.2. The fraction of sp³-hybridized carbons (Fsp3) is 0. The fourth-order valence-electron chi connectivity index (χ4n) is 3.46. The van der Waals surface area contributed by atoms with Crippen molar-refractivity contribution in [3.63, 3.8) is 0 Å². The molecule has 0 atom stereocenters. The Morgan fingerprint density at radius 3 is 2.60 bits per heavy atom. The smallest absolute Gasteiger partial charge is 0.274 e. The maximum absolute atomic E-state index is 12.9. The number of anilines is 3. The largest absolute Gasteiger partial charge is 0.457 e. The minimum absolute atomic E-state index is 0.246. The molecule has 2 N–H and O–H groups in total. The number of ether oxygens (including phenoxy) is 1. The third-order valence-corrected chi connectivity index (χ3v) is 5.08. The minimum Gasteiger partial charge on any atom is -0.457 e. The van der Waals surface area contributed by atoms with E-state index in [2.05, 4.69) is 30.4 Å². The van der Waals surface area contributed by atoms with Gasteiger partial charge in [-0.1, -0.05) is 18.2 Å². The lowest BCUT2D eigenvalue weighted by Gasteiger charge is -2.11. The van der Waals surface area contributed by atoms with E-state index in [0.29, 0.717) is 28.7 Å². The summed E-state index contributed by atoms with van der Waals surface area (Å²) in [6, 6.07) is 22.9. The number of hydrogen-bond donors (Lipinski definition) is 2. The maximum Gasteiger partial charge on any atom is 0.274 e. The van der Waals surface area contributed by atoms with Gasteiger partial charge in [-0.05, 0) is 54.6 Å². The Morgan fingerprint density at radius 1 is 0.886 bits per heavy atom. The van der Waals surface area contributed by atoms with E-state index < -0.39 is 0 Å². The first kappa shape index (κ1) is 21.6. The fourth-order valence-corrected chi connectivity index (χ4v) is 3.46. The predicted octanol–water partition coefficient (Wildman–Crippen LogP) is 6.36. The average Bonchev–Trinajstić information content (AvgIpc) is 2.89. The quantitative estimate of drug-likeness (QED) is 0.288. The molecule has 0 aliphatic rings. The van der Waals surface area contributed by atoms with Gasteiger partial charge in [0.1, 0.15) is 23.0 Å². The SMILES string of the molecule is [C-]#[N+]c1ccc2nccc(Nc3cccc(C(=O)Nc4cccc(Oc5ccncc5)c4)n3)c2c1. The number of carbonyl (C=O) groups is 1. The zero-order chi connectivity index (χ0) is 24.0. The zero-order valence-electron chi connectivity index (χ0n) is 18.3. The molecule has 5 aromatic rings. The summed E-state index contributed by atoms with van der Waals surface area (Å²) in [6.45, 7) is 7.26. The summed E-state index contributed by atoms with van der Waals surface area (Å²) in [5.41, 5.74) is 2.84. The molecule has 0 radical (unpaired) electrons. The molecule has 0 fully saturated rings. The van der Waals surface area contributed by atoms with Crippen LogP contribution in [-0.4, -0.2) is 20.9 Å². The number of nitrogens with one attached hydrogen (secondary N) is 2. The Labute approximate surface area is 201 Å². The van der Waals surface area contributed by atoms with Crippen molar-refractivity contribution in [2.24, 2.45) is 0 Å². The molecule has 2 aromatic carbocycles. The molecule has 35 heavy (non-hydrogen) atoms. The van der Waals surface area contributed by atoms with E-state index in [9.17, 15) is 4.79 Å². The highest BCUT2D eigenvalue weighted by Gasteiger charge is 2.11. The van der Waals surface area contributed by atoms with E-state index in [-0.39, 0.29) is 11.6 Å². The third kappa shape index (κ3) is 5.05. The Morgan fingerprint density at radius 2 is 1.74 bits per heavy atom. The van der Waals surface area contributed by atoms with Crippen LogP contribution in [0, 0.1) is 6.57 Å². The van der Waals surface area contributed by atoms with Gasteiger partial charge in [-0.25, -0.2) is 9.83 Å². The normalized spacial score (nSPS) is 10.4. The number of hydrogen-bond acceptors (Lipinski definition) is 6. The summed E-state index contributed by atoms with van der Waals surface area (Å²) in [5.74, 6) is 1.37. The molecule has 1 amide bonds. The number of aromatic nitrogens is 3. The van der Waals surface area contributed by atoms with Gasteiger partial charge < -0.3 is 15.4 Å². The van der Waals surface area contributed by atoms with Crippen molar-refractivity contribution < 1.29 is 9.53 Å². The second kappa shape index (κ2) is 9.68. The molecule has 0 aliphatic carbocycles. The van der Waals surface area contributed by atoms with Gasteiger partial charge in [-0.2, -0.15) is 0 Å². The van der Waals surface area contributed by atoms with Crippen LogP contribution in [0.3, 0.4) is 0 Å². The molecular formula is C27H18N6O2. The van der Waals surface area contributed by atoms with Crippen LogP contribution in [0.4, 0.5) is 22.9 Å². The number of benzene rings is 2. The molecule has 168 valence electrons. The predicted molar refractivity (Wildman–Crippen MR) is 134 cm³/mol. The lowest BCUT2D eigenvalue weighted by molar-refractivity contribution is 0.102. The molecular weight excluding hydrogens is 440 g/mol. The first-order valence-electron chi connectivity index (χ1n) is 10.7. The van der Waals surface area contributed by atoms with Gasteiger partial charge in [-0.15, -0.1) is 0 Å². The van der Waals surface area contributed by atoms with Gasteiger partial charge in [0.05, 0.1) is 12.1 Å². The van der Waals surface area contributed by atoms with Crippen molar-refractivity contribution >= 4 is 39.7 Å². The van der Waals surface area contributed by atoms with Gasteiger partial charge >= 0.3 is 0 Å². The van der Waals surface area contributed by atoms with Crippen LogP contribution in [0.5, 0.6) is 11.5 Å². The second-order valence-corrected chi connectivity index (χ2v) is 7.47. The van der Waals surface area contributed by atoms with Crippen LogP contribution in [-0.2, 0) is 0 Å². The summed E-state index contributed by atoms with van der Waals surface area (Å²) in [6.07, 6.45) is 4.97. The summed E-state index contributed by atoms with van der Waals surface area (Å²) in [4.78, 5) is 29.2.